The van der Waals surface area contributed by atoms with Crippen molar-refractivity contribution in [3.63, 3.8) is 0 Å². The molecule has 0 aliphatic heterocycles. The Morgan fingerprint density at radius 1 is 0.914 bits per heavy atom. The van der Waals surface area contributed by atoms with E-state index in [4.69, 9.17) is 14.9 Å². The van der Waals surface area contributed by atoms with Crippen LogP contribution in [0.15, 0.2) is 60.7 Å². The van der Waals surface area contributed by atoms with E-state index in [1.807, 2.05) is 13.8 Å². The van der Waals surface area contributed by atoms with Gasteiger partial charge in [0.2, 0.25) is 0 Å². The summed E-state index contributed by atoms with van der Waals surface area (Å²) in [7, 11) is 0. The minimum atomic E-state index is -4.55. The summed E-state index contributed by atoms with van der Waals surface area (Å²) in [5.41, 5.74) is 1.77. The van der Waals surface area contributed by atoms with Gasteiger partial charge in [-0.2, -0.15) is 13.2 Å². The first-order chi connectivity index (χ1) is 16.7. The van der Waals surface area contributed by atoms with Crippen LogP contribution < -0.4 is 9.64 Å². The Bertz CT molecular complexity index is 1160. The number of aliphatic hydroxyl groups excluding tert-OH is 1. The number of aromatic carboxylic acids is 1. The minimum absolute atomic E-state index is 0.0693. The van der Waals surface area contributed by atoms with Gasteiger partial charge in [-0.1, -0.05) is 24.3 Å². The van der Waals surface area contributed by atoms with Crippen molar-refractivity contribution in [1.82, 2.24) is 0 Å². The molecule has 0 fully saturated rings. The van der Waals surface area contributed by atoms with E-state index in [0.717, 1.165) is 6.07 Å². The Labute approximate surface area is 202 Å². The van der Waals surface area contributed by atoms with E-state index in [0.29, 0.717) is 47.5 Å². The highest BCUT2D eigenvalue weighted by Crippen LogP contribution is 2.42. The maximum atomic E-state index is 14.0. The third kappa shape index (κ3) is 6.14. The third-order valence-electron chi connectivity index (χ3n) is 5.72. The Balaban J connectivity index is 2.14. The van der Waals surface area contributed by atoms with Crippen molar-refractivity contribution in [1.29, 1.82) is 0 Å². The maximum absolute atomic E-state index is 14.0. The van der Waals surface area contributed by atoms with E-state index in [-0.39, 0.29) is 24.5 Å². The summed E-state index contributed by atoms with van der Waals surface area (Å²) in [6.45, 7) is 4.64. The van der Waals surface area contributed by atoms with Gasteiger partial charge in [-0.25, -0.2) is 4.79 Å². The topological polar surface area (TPSA) is 70.0 Å². The van der Waals surface area contributed by atoms with Crippen LogP contribution in [0, 0.1) is 0 Å². The minimum Gasteiger partial charge on any atom is -0.493 e. The van der Waals surface area contributed by atoms with Crippen LogP contribution in [-0.2, 0) is 6.18 Å². The number of hydrogen-bond donors (Lipinski definition) is 2. The predicted molar refractivity (Wildman–Crippen MR) is 130 cm³/mol. The molecule has 8 heteroatoms. The summed E-state index contributed by atoms with van der Waals surface area (Å²) >= 11 is 0. The highest BCUT2D eigenvalue weighted by molar-refractivity contribution is 5.88. The molecule has 186 valence electrons. The first kappa shape index (κ1) is 26.1. The number of carboxylic acids is 1. The number of aliphatic hydroxyl groups is 1. The molecule has 0 aliphatic rings. The van der Waals surface area contributed by atoms with Gasteiger partial charge in [0.15, 0.2) is 0 Å². The smallest absolute Gasteiger partial charge is 0.418 e. The molecular weight excluding hydrogens is 459 g/mol. The number of alkyl halides is 3. The van der Waals surface area contributed by atoms with Gasteiger partial charge in [0.05, 0.1) is 17.7 Å². The van der Waals surface area contributed by atoms with Gasteiger partial charge in [0, 0.05) is 37.4 Å². The van der Waals surface area contributed by atoms with Crippen molar-refractivity contribution < 1.29 is 32.9 Å². The molecule has 0 heterocycles. The summed E-state index contributed by atoms with van der Waals surface area (Å²) in [6, 6.07) is 15.7. The molecule has 0 aliphatic carbocycles. The normalized spacial score (nSPS) is 11.4. The lowest BCUT2D eigenvalue weighted by atomic mass is 9.95. The lowest BCUT2D eigenvalue weighted by Crippen LogP contribution is -2.25. The van der Waals surface area contributed by atoms with E-state index in [1.165, 1.54) is 18.2 Å². The Morgan fingerprint density at radius 3 is 2.11 bits per heavy atom. The molecule has 2 N–H and O–H groups in total. The van der Waals surface area contributed by atoms with Gasteiger partial charge in [0.25, 0.3) is 0 Å². The first-order valence-corrected chi connectivity index (χ1v) is 11.4. The SMILES string of the molecule is CCN(CC)c1ccc(-c2cc(-c3ccc(C(=O)O)cc3)ccc2OCCCO)cc1C(F)(F)F. The summed E-state index contributed by atoms with van der Waals surface area (Å²) in [5, 5.41) is 18.2. The fraction of sp³-hybridized carbons (Fsp3) is 0.296. The van der Waals surface area contributed by atoms with Crippen LogP contribution in [0.1, 0.15) is 36.2 Å². The molecule has 3 aromatic carbocycles. The fourth-order valence-corrected chi connectivity index (χ4v) is 3.88. The average molecular weight is 488 g/mol. The van der Waals surface area contributed by atoms with E-state index >= 15 is 0 Å². The first-order valence-electron chi connectivity index (χ1n) is 11.4. The standard InChI is InChI=1S/C27H28F3NO4/c1-3-31(4-2)24-12-10-21(17-23(24)27(28,29)30)22-16-20(11-13-25(22)35-15-5-14-32)18-6-8-19(9-7-18)26(33)34/h6-13,16-17,32H,3-5,14-15H2,1-2H3,(H,33,34). The van der Waals surface area contributed by atoms with Gasteiger partial charge in [-0.05, 0) is 66.9 Å². The number of rotatable bonds is 10. The van der Waals surface area contributed by atoms with Crippen LogP contribution in [0.5, 0.6) is 5.75 Å². The van der Waals surface area contributed by atoms with Crippen molar-refractivity contribution in [3.8, 4) is 28.0 Å². The average Bonchev–Trinajstić information content (AvgIpc) is 2.84. The van der Waals surface area contributed by atoms with Gasteiger partial charge in [0.1, 0.15) is 5.75 Å². The Kier molecular flexibility index (Phi) is 8.40. The molecule has 0 amide bonds. The summed E-state index contributed by atoms with van der Waals surface area (Å²) in [6.07, 6.45) is -4.16. The maximum Gasteiger partial charge on any atom is 0.418 e. The molecule has 0 unspecified atom stereocenters. The number of hydrogen-bond acceptors (Lipinski definition) is 4. The van der Waals surface area contributed by atoms with Gasteiger partial charge < -0.3 is 19.8 Å². The molecular formula is C27H28F3NO4. The molecule has 0 saturated heterocycles. The molecule has 0 radical (unpaired) electrons. The lowest BCUT2D eigenvalue weighted by molar-refractivity contribution is -0.137. The van der Waals surface area contributed by atoms with Crippen LogP contribution in [0.4, 0.5) is 18.9 Å². The molecule has 35 heavy (non-hydrogen) atoms. The van der Waals surface area contributed by atoms with E-state index in [9.17, 15) is 18.0 Å². The molecule has 0 spiro atoms. The fourth-order valence-electron chi connectivity index (χ4n) is 3.88. The molecule has 0 saturated carbocycles. The zero-order chi connectivity index (χ0) is 25.6. The van der Waals surface area contributed by atoms with Gasteiger partial charge in [-0.15, -0.1) is 0 Å². The predicted octanol–water partition coefficient (Wildman–Crippen LogP) is 6.35. The summed E-state index contributed by atoms with van der Waals surface area (Å²) in [5.74, 6) is -0.647. The molecule has 3 rings (SSSR count). The van der Waals surface area contributed by atoms with Crippen LogP contribution in [-0.4, -0.2) is 42.5 Å². The van der Waals surface area contributed by atoms with Crippen LogP contribution >= 0.6 is 0 Å². The molecule has 3 aromatic rings. The third-order valence-corrected chi connectivity index (χ3v) is 5.72. The number of benzene rings is 3. The number of nitrogens with zero attached hydrogens (tertiary/aromatic N) is 1. The van der Waals surface area contributed by atoms with Gasteiger partial charge >= 0.3 is 12.1 Å². The highest BCUT2D eigenvalue weighted by atomic mass is 19.4. The molecule has 5 nitrogen and oxygen atoms in total. The van der Waals surface area contributed by atoms with Crippen molar-refractivity contribution in [2.75, 3.05) is 31.2 Å². The highest BCUT2D eigenvalue weighted by Gasteiger charge is 2.35. The monoisotopic (exact) mass is 487 g/mol. The number of ether oxygens (including phenoxy) is 1. The van der Waals surface area contributed by atoms with Crippen LogP contribution in [0.2, 0.25) is 0 Å². The summed E-state index contributed by atoms with van der Waals surface area (Å²) < 4.78 is 47.9. The second-order valence-electron chi connectivity index (χ2n) is 7.92. The number of carbonyl (C=O) groups is 1. The Hall–Kier alpha value is -3.52. The Morgan fingerprint density at radius 2 is 1.54 bits per heavy atom. The van der Waals surface area contributed by atoms with Crippen molar-refractivity contribution in [2.24, 2.45) is 0 Å². The van der Waals surface area contributed by atoms with E-state index in [1.54, 1.807) is 41.3 Å². The quantitative estimate of drug-likeness (QED) is 0.327. The number of carboxylic acid groups (broad SMARTS) is 1. The van der Waals surface area contributed by atoms with Crippen LogP contribution in [0.3, 0.4) is 0 Å². The van der Waals surface area contributed by atoms with Crippen LogP contribution in [0.25, 0.3) is 22.3 Å². The van der Waals surface area contributed by atoms with Gasteiger partial charge in [-0.3, -0.25) is 0 Å². The van der Waals surface area contributed by atoms with Crippen molar-refractivity contribution in [3.05, 3.63) is 71.8 Å². The molecule has 0 aromatic heterocycles. The van der Waals surface area contributed by atoms with E-state index < -0.39 is 17.7 Å². The summed E-state index contributed by atoms with van der Waals surface area (Å²) in [4.78, 5) is 12.8. The zero-order valence-electron chi connectivity index (χ0n) is 19.6. The second kappa shape index (κ2) is 11.3. The second-order valence-corrected chi connectivity index (χ2v) is 7.92. The zero-order valence-corrected chi connectivity index (χ0v) is 19.6. The van der Waals surface area contributed by atoms with Crippen molar-refractivity contribution >= 4 is 11.7 Å². The molecule has 0 atom stereocenters. The van der Waals surface area contributed by atoms with E-state index in [2.05, 4.69) is 0 Å². The lowest BCUT2D eigenvalue weighted by Gasteiger charge is -2.26. The number of halogens is 3. The number of anilines is 1. The molecule has 0 bridgehead atoms. The largest absolute Gasteiger partial charge is 0.493 e. The van der Waals surface area contributed by atoms with Crippen molar-refractivity contribution in [2.45, 2.75) is 26.4 Å².